The van der Waals surface area contributed by atoms with Crippen LogP contribution in [0.2, 0.25) is 0 Å². The van der Waals surface area contributed by atoms with Gasteiger partial charge in [0.1, 0.15) is 18.4 Å². The lowest BCUT2D eigenvalue weighted by molar-refractivity contribution is -0.404. The molecule has 4 atom stereocenters. The molecule has 3 fully saturated rings. The number of aryl methyl sites for hydroxylation is 1. The van der Waals surface area contributed by atoms with E-state index in [1.807, 2.05) is 0 Å². The lowest BCUT2D eigenvalue weighted by Gasteiger charge is -2.46. The van der Waals surface area contributed by atoms with Gasteiger partial charge in [0.15, 0.2) is 11.6 Å². The number of aliphatic hydroxyl groups excluding tert-OH is 3. The molecule has 4 rings (SSSR count). The van der Waals surface area contributed by atoms with Crippen molar-refractivity contribution in [3.8, 4) is 0 Å². The van der Waals surface area contributed by atoms with E-state index in [1.165, 1.54) is 10.8 Å². The Balaban J connectivity index is 1.67. The molecular weight excluding hydrogens is 536 g/mol. The van der Waals surface area contributed by atoms with Crippen molar-refractivity contribution in [2.75, 3.05) is 27.4 Å². The van der Waals surface area contributed by atoms with Gasteiger partial charge in [-0.15, -0.1) is 0 Å². The van der Waals surface area contributed by atoms with Gasteiger partial charge in [-0.25, -0.2) is 4.79 Å². The maximum atomic E-state index is 13.5. The van der Waals surface area contributed by atoms with Crippen LogP contribution in [0.15, 0.2) is 15.8 Å². The molecule has 1 aromatic heterocycles. The predicted molar refractivity (Wildman–Crippen MR) is 148 cm³/mol. The Labute approximate surface area is 241 Å². The molecule has 0 amide bonds. The maximum absolute atomic E-state index is 13.5. The summed E-state index contributed by atoms with van der Waals surface area (Å²) in [5.74, 6) is -3.90. The lowest BCUT2D eigenvalue weighted by atomic mass is 9.92. The summed E-state index contributed by atoms with van der Waals surface area (Å²) in [6.45, 7) is 1.47. The van der Waals surface area contributed by atoms with Gasteiger partial charge in [-0.05, 0) is 45.4 Å². The number of aliphatic hydroxyl groups is 3. The number of methoxy groups -OCH3 is 2. The molecular formula is C29H48N2O10. The van der Waals surface area contributed by atoms with Crippen LogP contribution in [0.3, 0.4) is 0 Å². The van der Waals surface area contributed by atoms with Gasteiger partial charge < -0.3 is 39.0 Å². The van der Waals surface area contributed by atoms with Crippen LogP contribution >= 0.6 is 0 Å². The highest BCUT2D eigenvalue weighted by Crippen LogP contribution is 2.46. The second kappa shape index (κ2) is 13.8. The van der Waals surface area contributed by atoms with Crippen molar-refractivity contribution in [2.24, 2.45) is 0 Å². The first kappa shape index (κ1) is 32.3. The molecule has 0 aromatic carbocycles. The van der Waals surface area contributed by atoms with E-state index in [1.54, 1.807) is 21.1 Å². The second-order valence-electron chi connectivity index (χ2n) is 11.7. The molecule has 0 radical (unpaired) electrons. The van der Waals surface area contributed by atoms with Gasteiger partial charge in [0.05, 0.1) is 6.61 Å². The van der Waals surface area contributed by atoms with E-state index in [0.29, 0.717) is 44.1 Å². The van der Waals surface area contributed by atoms with Crippen molar-refractivity contribution in [1.29, 1.82) is 0 Å². The van der Waals surface area contributed by atoms with Gasteiger partial charge in [0.25, 0.3) is 5.56 Å². The molecule has 3 N–H and O–H groups in total. The Hall–Kier alpha value is -1.64. The standard InChI is InChI=1S/C29H48N2O10/c1-21-19-31(26(36)30(25(21)35)16-10-11-17-32)24-18-22(33)29(40-24,41-28(38-3)14-8-5-9-15-28)23(34)20-39-27(37-2)12-6-4-7-13-27/h19,22-24,32-34H,4-18,20H2,1-3H3/t22-,23?,24-,29-/m1/s1. The summed E-state index contributed by atoms with van der Waals surface area (Å²) in [7, 11) is 3.13. The zero-order chi connectivity index (χ0) is 29.7. The fourth-order valence-electron chi connectivity index (χ4n) is 6.44. The summed E-state index contributed by atoms with van der Waals surface area (Å²) in [5, 5.41) is 32.4. The Morgan fingerprint density at radius 2 is 1.61 bits per heavy atom. The summed E-state index contributed by atoms with van der Waals surface area (Å²) in [5.41, 5.74) is -0.692. The quantitative estimate of drug-likeness (QED) is 0.232. The molecule has 234 valence electrons. The molecule has 2 heterocycles. The number of aromatic nitrogens is 2. The van der Waals surface area contributed by atoms with Crippen LogP contribution in [0, 0.1) is 6.92 Å². The minimum absolute atomic E-state index is 0.0435. The van der Waals surface area contributed by atoms with Gasteiger partial charge in [0.2, 0.25) is 5.79 Å². The highest BCUT2D eigenvalue weighted by Gasteiger charge is 2.59. The van der Waals surface area contributed by atoms with Crippen molar-refractivity contribution < 1.29 is 39.0 Å². The number of hydrogen-bond acceptors (Lipinski definition) is 10. The lowest BCUT2D eigenvalue weighted by Crippen LogP contribution is -2.60. The smallest absolute Gasteiger partial charge is 0.333 e. The summed E-state index contributed by atoms with van der Waals surface area (Å²) in [6, 6.07) is 0. The summed E-state index contributed by atoms with van der Waals surface area (Å²) < 4.78 is 33.1. The number of hydrogen-bond donors (Lipinski definition) is 3. The molecule has 0 spiro atoms. The van der Waals surface area contributed by atoms with Gasteiger partial charge in [0, 0.05) is 71.2 Å². The third kappa shape index (κ3) is 6.80. The zero-order valence-electron chi connectivity index (χ0n) is 24.7. The minimum atomic E-state index is -1.97. The van der Waals surface area contributed by atoms with Crippen LogP contribution in [0.4, 0.5) is 0 Å². The minimum Gasteiger partial charge on any atom is -0.396 e. The Morgan fingerprint density at radius 3 is 2.20 bits per heavy atom. The van der Waals surface area contributed by atoms with Crippen LogP contribution < -0.4 is 11.2 Å². The van der Waals surface area contributed by atoms with E-state index in [-0.39, 0.29) is 26.2 Å². The molecule has 2 saturated carbocycles. The van der Waals surface area contributed by atoms with E-state index < -0.39 is 47.0 Å². The van der Waals surface area contributed by atoms with E-state index >= 15 is 0 Å². The van der Waals surface area contributed by atoms with E-state index in [2.05, 4.69) is 0 Å². The number of rotatable bonds is 13. The van der Waals surface area contributed by atoms with Gasteiger partial charge in [-0.1, -0.05) is 12.8 Å². The Morgan fingerprint density at radius 1 is 1.00 bits per heavy atom. The first-order valence-electron chi connectivity index (χ1n) is 15.1. The molecule has 12 nitrogen and oxygen atoms in total. The molecule has 1 saturated heterocycles. The van der Waals surface area contributed by atoms with Crippen molar-refractivity contribution in [2.45, 2.75) is 133 Å². The van der Waals surface area contributed by atoms with Crippen LogP contribution in [0.25, 0.3) is 0 Å². The number of nitrogens with zero attached hydrogens (tertiary/aromatic N) is 2. The van der Waals surface area contributed by atoms with E-state index in [0.717, 1.165) is 43.1 Å². The van der Waals surface area contributed by atoms with Gasteiger partial charge in [-0.3, -0.25) is 13.9 Å². The van der Waals surface area contributed by atoms with E-state index in [9.17, 15) is 19.8 Å². The average Bonchev–Trinajstić information content (AvgIpc) is 3.32. The second-order valence-corrected chi connectivity index (χ2v) is 11.7. The maximum Gasteiger partial charge on any atom is 0.333 e. The van der Waals surface area contributed by atoms with Gasteiger partial charge >= 0.3 is 5.69 Å². The molecule has 1 unspecified atom stereocenters. The molecule has 0 bridgehead atoms. The molecule has 41 heavy (non-hydrogen) atoms. The highest BCUT2D eigenvalue weighted by molar-refractivity contribution is 5.05. The first-order chi connectivity index (χ1) is 19.6. The largest absolute Gasteiger partial charge is 0.396 e. The summed E-state index contributed by atoms with van der Waals surface area (Å²) in [6.07, 6.45) is 6.58. The number of unbranched alkanes of at least 4 members (excludes halogenated alkanes) is 1. The summed E-state index contributed by atoms with van der Waals surface area (Å²) >= 11 is 0. The van der Waals surface area contributed by atoms with Gasteiger partial charge in [-0.2, -0.15) is 0 Å². The Bertz CT molecular complexity index is 1110. The summed E-state index contributed by atoms with van der Waals surface area (Å²) in [4.78, 5) is 26.2. The first-order valence-corrected chi connectivity index (χ1v) is 15.1. The third-order valence-corrected chi connectivity index (χ3v) is 8.97. The topological polar surface area (TPSA) is 151 Å². The fraction of sp³-hybridized carbons (Fsp3) is 0.862. The normalized spacial score (nSPS) is 28.5. The zero-order valence-corrected chi connectivity index (χ0v) is 24.7. The van der Waals surface area contributed by atoms with Crippen molar-refractivity contribution in [3.63, 3.8) is 0 Å². The van der Waals surface area contributed by atoms with Crippen molar-refractivity contribution >= 4 is 0 Å². The SMILES string of the molecule is COC1(OCC(O)[C@@]2(OC3(OC)CCCCC3)O[C@@H](n3cc(C)c(=O)n(CCCCO)c3=O)C[C@H]2O)CCCCC1. The number of ether oxygens (including phenoxy) is 5. The van der Waals surface area contributed by atoms with Crippen LogP contribution in [0.1, 0.15) is 95.3 Å². The van der Waals surface area contributed by atoms with Crippen molar-refractivity contribution in [1.82, 2.24) is 9.13 Å². The Kier molecular flexibility index (Phi) is 10.8. The third-order valence-electron chi connectivity index (χ3n) is 8.97. The fourth-order valence-corrected chi connectivity index (χ4v) is 6.44. The molecule has 12 heteroatoms. The van der Waals surface area contributed by atoms with Crippen LogP contribution in [-0.2, 0) is 30.2 Å². The molecule has 2 aliphatic carbocycles. The average molecular weight is 585 g/mol. The molecule has 1 aromatic rings. The molecule has 3 aliphatic rings. The van der Waals surface area contributed by atoms with E-state index in [4.69, 9.17) is 28.8 Å². The molecule has 1 aliphatic heterocycles. The predicted octanol–water partition coefficient (Wildman–Crippen LogP) is 2.07. The van der Waals surface area contributed by atoms with Crippen LogP contribution in [-0.4, -0.2) is 81.5 Å². The monoisotopic (exact) mass is 584 g/mol. The highest BCUT2D eigenvalue weighted by atomic mass is 16.8. The van der Waals surface area contributed by atoms with Crippen LogP contribution in [0.5, 0.6) is 0 Å². The van der Waals surface area contributed by atoms with Crippen molar-refractivity contribution in [3.05, 3.63) is 32.6 Å².